The second-order valence-electron chi connectivity index (χ2n) is 6.23. The van der Waals surface area contributed by atoms with Crippen LogP contribution in [0.25, 0.3) is 0 Å². The fraction of sp³-hybridized carbons (Fsp3) is 0.389. The number of aromatic nitrogens is 2. The number of carbonyl (C=O) groups is 2. The van der Waals surface area contributed by atoms with E-state index in [2.05, 4.69) is 5.10 Å². The summed E-state index contributed by atoms with van der Waals surface area (Å²) >= 11 is 0. The third-order valence-electron chi connectivity index (χ3n) is 4.27. The minimum Gasteiger partial charge on any atom is -0.453 e. The minimum absolute atomic E-state index is 0.128. The first-order valence-corrected chi connectivity index (χ1v) is 8.11. The first-order chi connectivity index (χ1) is 12.1. The molecular formula is C18H21N3O5. The molecule has 1 atom stereocenters. The number of Topliss-reactive ketones (excluding diaryl/α,β-unsaturated/α-hetero) is 1. The first kappa shape index (κ1) is 19.3. The summed E-state index contributed by atoms with van der Waals surface area (Å²) in [6, 6.07) is 5.29. The molecule has 8 heteroatoms. The molecule has 0 saturated heterocycles. The number of carbonyl (C=O) groups excluding carboxylic acids is 2. The third-order valence-corrected chi connectivity index (χ3v) is 4.27. The van der Waals surface area contributed by atoms with Gasteiger partial charge in [0.2, 0.25) is 5.78 Å². The van der Waals surface area contributed by atoms with Crippen molar-refractivity contribution in [2.24, 2.45) is 0 Å². The maximum atomic E-state index is 12.4. The molecule has 0 unspecified atom stereocenters. The third kappa shape index (κ3) is 3.96. The minimum atomic E-state index is -0.962. The van der Waals surface area contributed by atoms with E-state index >= 15 is 0 Å². The lowest BCUT2D eigenvalue weighted by atomic mass is 10.0. The molecule has 2 rings (SSSR count). The monoisotopic (exact) mass is 359 g/mol. The summed E-state index contributed by atoms with van der Waals surface area (Å²) in [6.07, 6.45) is -0.962. The zero-order valence-corrected chi connectivity index (χ0v) is 15.4. The Morgan fingerprint density at radius 1 is 1.23 bits per heavy atom. The van der Waals surface area contributed by atoms with Gasteiger partial charge in [-0.15, -0.1) is 0 Å². The molecule has 138 valence electrons. The Morgan fingerprint density at radius 3 is 2.42 bits per heavy atom. The molecule has 0 bridgehead atoms. The van der Waals surface area contributed by atoms with Gasteiger partial charge in [-0.1, -0.05) is 12.1 Å². The average Bonchev–Trinajstić information content (AvgIpc) is 2.82. The molecule has 0 N–H and O–H groups in total. The molecule has 0 amide bonds. The maximum absolute atomic E-state index is 12.4. The van der Waals surface area contributed by atoms with Crippen LogP contribution in [-0.2, 0) is 16.1 Å². The molecule has 0 aliphatic rings. The van der Waals surface area contributed by atoms with E-state index in [0.717, 1.165) is 11.1 Å². The number of benzene rings is 1. The van der Waals surface area contributed by atoms with Crippen molar-refractivity contribution < 1.29 is 19.2 Å². The zero-order valence-electron chi connectivity index (χ0n) is 15.4. The molecule has 0 saturated carbocycles. The Hall–Kier alpha value is -3.03. The summed E-state index contributed by atoms with van der Waals surface area (Å²) < 4.78 is 6.40. The Kier molecular flexibility index (Phi) is 5.54. The van der Waals surface area contributed by atoms with Crippen LogP contribution in [0.3, 0.4) is 0 Å². The maximum Gasteiger partial charge on any atom is 0.328 e. The van der Waals surface area contributed by atoms with E-state index in [4.69, 9.17) is 4.74 Å². The van der Waals surface area contributed by atoms with E-state index in [1.54, 1.807) is 12.1 Å². The second-order valence-corrected chi connectivity index (χ2v) is 6.23. The molecule has 8 nitrogen and oxygen atoms in total. The molecule has 0 spiro atoms. The van der Waals surface area contributed by atoms with Gasteiger partial charge in [-0.2, -0.15) is 5.10 Å². The van der Waals surface area contributed by atoms with Crippen LogP contribution in [0.4, 0.5) is 5.69 Å². The molecule has 1 aromatic heterocycles. The fourth-order valence-corrected chi connectivity index (χ4v) is 2.65. The van der Waals surface area contributed by atoms with Crippen LogP contribution in [-0.4, -0.2) is 32.6 Å². The Balaban J connectivity index is 2.07. The number of esters is 1. The first-order valence-electron chi connectivity index (χ1n) is 8.11. The van der Waals surface area contributed by atoms with Crippen LogP contribution in [0, 0.1) is 37.8 Å². The highest BCUT2D eigenvalue weighted by Crippen LogP contribution is 2.21. The summed E-state index contributed by atoms with van der Waals surface area (Å²) in [5.41, 5.74) is 2.87. The van der Waals surface area contributed by atoms with Gasteiger partial charge in [0, 0.05) is 5.56 Å². The highest BCUT2D eigenvalue weighted by atomic mass is 16.6. The quantitative estimate of drug-likeness (QED) is 0.340. The number of nitrogens with zero attached hydrogens (tertiary/aromatic N) is 3. The number of ether oxygens (including phenoxy) is 1. The van der Waals surface area contributed by atoms with Crippen LogP contribution >= 0.6 is 0 Å². The van der Waals surface area contributed by atoms with Gasteiger partial charge in [-0.3, -0.25) is 24.4 Å². The smallest absolute Gasteiger partial charge is 0.328 e. The van der Waals surface area contributed by atoms with Gasteiger partial charge in [0.25, 0.3) is 0 Å². The average molecular weight is 359 g/mol. The molecular weight excluding hydrogens is 338 g/mol. The predicted molar refractivity (Wildman–Crippen MR) is 94.2 cm³/mol. The van der Waals surface area contributed by atoms with Gasteiger partial charge in [0.05, 0.1) is 4.92 Å². The highest BCUT2D eigenvalue weighted by Gasteiger charge is 2.25. The van der Waals surface area contributed by atoms with Crippen LogP contribution < -0.4 is 0 Å². The molecule has 1 heterocycles. The van der Waals surface area contributed by atoms with Crippen LogP contribution in [0.1, 0.15) is 39.8 Å². The Morgan fingerprint density at radius 2 is 1.88 bits per heavy atom. The van der Waals surface area contributed by atoms with E-state index in [1.165, 1.54) is 25.5 Å². The van der Waals surface area contributed by atoms with Gasteiger partial charge in [0.1, 0.15) is 17.9 Å². The predicted octanol–water partition coefficient (Wildman–Crippen LogP) is 2.84. The number of ketones is 1. The van der Waals surface area contributed by atoms with E-state index in [9.17, 15) is 19.7 Å². The molecule has 2 aromatic rings. The number of hydrogen-bond donors (Lipinski definition) is 0. The molecule has 0 fully saturated rings. The van der Waals surface area contributed by atoms with Gasteiger partial charge in [-0.05, 0) is 51.8 Å². The summed E-state index contributed by atoms with van der Waals surface area (Å²) in [4.78, 5) is 35.0. The van der Waals surface area contributed by atoms with Crippen molar-refractivity contribution in [3.05, 3.63) is 56.4 Å². The molecule has 26 heavy (non-hydrogen) atoms. The number of aryl methyl sites for hydroxylation is 3. The van der Waals surface area contributed by atoms with Gasteiger partial charge in [-0.25, -0.2) is 0 Å². The van der Waals surface area contributed by atoms with E-state index in [-0.39, 0.29) is 29.4 Å². The number of hydrogen-bond acceptors (Lipinski definition) is 6. The van der Waals surface area contributed by atoms with Crippen LogP contribution in [0.2, 0.25) is 0 Å². The van der Waals surface area contributed by atoms with Crippen molar-refractivity contribution in [3.63, 3.8) is 0 Å². The van der Waals surface area contributed by atoms with Gasteiger partial charge < -0.3 is 4.74 Å². The number of rotatable bonds is 6. The van der Waals surface area contributed by atoms with Gasteiger partial charge in [0.15, 0.2) is 6.10 Å². The lowest BCUT2D eigenvalue weighted by Gasteiger charge is -2.13. The fourth-order valence-electron chi connectivity index (χ4n) is 2.65. The summed E-state index contributed by atoms with van der Waals surface area (Å²) in [5.74, 6) is -0.990. The molecule has 0 radical (unpaired) electrons. The van der Waals surface area contributed by atoms with Crippen molar-refractivity contribution in [1.29, 1.82) is 0 Å². The molecule has 0 aliphatic heterocycles. The Labute approximate surface area is 150 Å². The molecule has 0 aliphatic carbocycles. The standard InChI is InChI=1S/C18H21N3O5/c1-10-6-7-15(8-11(10)2)18(23)14(5)26-16(22)9-20-13(4)17(21(24)25)12(3)19-20/h6-8,14H,9H2,1-5H3/t14-/m0/s1. The molecule has 1 aromatic carbocycles. The largest absolute Gasteiger partial charge is 0.453 e. The van der Waals surface area contributed by atoms with E-state index in [1.807, 2.05) is 19.9 Å². The van der Waals surface area contributed by atoms with Crippen molar-refractivity contribution in [1.82, 2.24) is 9.78 Å². The Bertz CT molecular complexity index is 885. The van der Waals surface area contributed by atoms with Crippen molar-refractivity contribution in [2.75, 3.05) is 0 Å². The van der Waals surface area contributed by atoms with Crippen LogP contribution in [0.15, 0.2) is 18.2 Å². The van der Waals surface area contributed by atoms with E-state index < -0.39 is 17.0 Å². The van der Waals surface area contributed by atoms with Crippen molar-refractivity contribution in [3.8, 4) is 0 Å². The topological polar surface area (TPSA) is 104 Å². The second kappa shape index (κ2) is 7.47. The summed E-state index contributed by atoms with van der Waals surface area (Å²) in [7, 11) is 0. The van der Waals surface area contributed by atoms with Crippen molar-refractivity contribution in [2.45, 2.75) is 47.3 Å². The van der Waals surface area contributed by atoms with Gasteiger partial charge >= 0.3 is 11.7 Å². The normalized spacial score (nSPS) is 11.9. The zero-order chi connectivity index (χ0) is 19.6. The van der Waals surface area contributed by atoms with E-state index in [0.29, 0.717) is 5.56 Å². The summed E-state index contributed by atoms with van der Waals surface area (Å²) in [6.45, 7) is 8.05. The van der Waals surface area contributed by atoms with Crippen molar-refractivity contribution >= 4 is 17.4 Å². The lowest BCUT2D eigenvalue weighted by molar-refractivity contribution is -0.386. The highest BCUT2D eigenvalue weighted by molar-refractivity contribution is 6.00. The summed E-state index contributed by atoms with van der Waals surface area (Å²) in [5, 5.41) is 15.0. The SMILES string of the molecule is Cc1ccc(C(=O)[C@H](C)OC(=O)Cn2nc(C)c([N+](=O)[O-])c2C)cc1C. The van der Waals surface area contributed by atoms with Crippen LogP contribution in [0.5, 0.6) is 0 Å². The lowest BCUT2D eigenvalue weighted by Crippen LogP contribution is -2.27. The number of nitro groups is 1.